The Kier molecular flexibility index (Phi) is 4.36. The lowest BCUT2D eigenvalue weighted by Crippen LogP contribution is -2.40. The van der Waals surface area contributed by atoms with E-state index >= 15 is 0 Å². The van der Waals surface area contributed by atoms with E-state index in [2.05, 4.69) is 10.6 Å². The van der Waals surface area contributed by atoms with Gasteiger partial charge in [-0.15, -0.1) is 0 Å². The Morgan fingerprint density at radius 2 is 2.18 bits per heavy atom. The minimum absolute atomic E-state index is 0.117. The summed E-state index contributed by atoms with van der Waals surface area (Å²) in [6.07, 6.45) is 1.13. The van der Waals surface area contributed by atoms with Crippen molar-refractivity contribution in [3.63, 3.8) is 0 Å². The molecular weight excluding hydrogens is 280 g/mol. The number of aliphatic hydroxyl groups is 1. The molecule has 22 heavy (non-hydrogen) atoms. The molecule has 1 amide bonds. The first-order valence-electron chi connectivity index (χ1n) is 8.06. The van der Waals surface area contributed by atoms with Crippen LogP contribution in [0.15, 0.2) is 18.2 Å². The number of fused-ring (bicyclic) bond motifs is 1. The van der Waals surface area contributed by atoms with Gasteiger partial charge in [0.05, 0.1) is 11.8 Å². The van der Waals surface area contributed by atoms with E-state index in [0.29, 0.717) is 11.4 Å². The Hall–Kier alpha value is -1.59. The van der Waals surface area contributed by atoms with Crippen LogP contribution in [-0.4, -0.2) is 30.2 Å². The van der Waals surface area contributed by atoms with Crippen molar-refractivity contribution in [3.8, 4) is 5.75 Å². The molecule has 0 aromatic heterocycles. The van der Waals surface area contributed by atoms with Gasteiger partial charge in [0.1, 0.15) is 5.75 Å². The highest BCUT2D eigenvalue weighted by Crippen LogP contribution is 2.36. The molecule has 3 rings (SSSR count). The number of nitrogens with one attached hydrogen (secondary N) is 2. The number of hydrogen-bond acceptors (Lipinski definition) is 4. The number of benzene rings is 1. The van der Waals surface area contributed by atoms with Gasteiger partial charge < -0.3 is 20.5 Å². The van der Waals surface area contributed by atoms with Crippen LogP contribution in [0, 0.1) is 11.8 Å². The van der Waals surface area contributed by atoms with Gasteiger partial charge in [-0.05, 0) is 43.0 Å². The van der Waals surface area contributed by atoms with E-state index in [4.69, 9.17) is 4.74 Å². The molecule has 1 fully saturated rings. The molecule has 0 saturated carbocycles. The third-order valence-electron chi connectivity index (χ3n) is 4.50. The molecule has 2 aliphatic heterocycles. The average molecular weight is 304 g/mol. The number of piperidine rings is 1. The van der Waals surface area contributed by atoms with Gasteiger partial charge in [-0.1, -0.05) is 19.9 Å². The molecule has 1 saturated heterocycles. The van der Waals surface area contributed by atoms with Crippen molar-refractivity contribution in [2.45, 2.75) is 38.9 Å². The summed E-state index contributed by atoms with van der Waals surface area (Å²) in [6, 6.07) is 5.58. The third-order valence-corrected chi connectivity index (χ3v) is 4.50. The normalized spacial score (nSPS) is 26.1. The first-order chi connectivity index (χ1) is 10.6. The molecular formula is C17H24N2O3. The van der Waals surface area contributed by atoms with Crippen LogP contribution in [0.5, 0.6) is 5.75 Å². The summed E-state index contributed by atoms with van der Waals surface area (Å²) < 4.78 is 5.78. The number of aliphatic hydroxyl groups excluding tert-OH is 1. The number of hydrogen-bond donors (Lipinski definition) is 3. The van der Waals surface area contributed by atoms with Crippen LogP contribution in [0.4, 0.5) is 5.69 Å². The first-order valence-corrected chi connectivity index (χ1v) is 8.06. The van der Waals surface area contributed by atoms with Crippen molar-refractivity contribution < 1.29 is 14.6 Å². The van der Waals surface area contributed by atoms with E-state index in [1.165, 1.54) is 0 Å². The summed E-state index contributed by atoms with van der Waals surface area (Å²) in [6.45, 7) is 5.78. The maximum atomic E-state index is 12.1. The summed E-state index contributed by atoms with van der Waals surface area (Å²) in [4.78, 5) is 12.1. The Morgan fingerprint density at radius 1 is 1.36 bits per heavy atom. The molecule has 1 aromatic carbocycles. The zero-order chi connectivity index (χ0) is 15.7. The van der Waals surface area contributed by atoms with Crippen molar-refractivity contribution in [2.75, 3.05) is 18.4 Å². The Bertz CT molecular complexity index is 553. The van der Waals surface area contributed by atoms with Crippen LogP contribution in [0.3, 0.4) is 0 Å². The lowest BCUT2D eigenvalue weighted by molar-refractivity contribution is -0.125. The van der Waals surface area contributed by atoms with Gasteiger partial charge in [-0.25, -0.2) is 0 Å². The predicted octanol–water partition coefficient (Wildman–Crippen LogP) is 2.08. The number of ether oxygens (including phenoxy) is 1. The van der Waals surface area contributed by atoms with E-state index < -0.39 is 12.2 Å². The van der Waals surface area contributed by atoms with Crippen molar-refractivity contribution in [1.29, 1.82) is 0 Å². The maximum Gasteiger partial charge on any atom is 0.265 e. The summed E-state index contributed by atoms with van der Waals surface area (Å²) in [7, 11) is 0. The highest BCUT2D eigenvalue weighted by atomic mass is 16.5. The highest BCUT2D eigenvalue weighted by Gasteiger charge is 2.31. The van der Waals surface area contributed by atoms with E-state index in [9.17, 15) is 9.90 Å². The molecule has 3 N–H and O–H groups in total. The van der Waals surface area contributed by atoms with Gasteiger partial charge >= 0.3 is 0 Å². The molecule has 120 valence electrons. The molecule has 0 bridgehead atoms. The van der Waals surface area contributed by atoms with E-state index in [-0.39, 0.29) is 17.7 Å². The molecule has 3 atom stereocenters. The molecule has 5 heteroatoms. The van der Waals surface area contributed by atoms with Gasteiger partial charge in [0, 0.05) is 12.5 Å². The predicted molar refractivity (Wildman–Crippen MR) is 84.9 cm³/mol. The monoisotopic (exact) mass is 304 g/mol. The SMILES string of the molecule is CC(C)C1Oc2ccc(C(O)C3CCCNC3)cc2NC1=O. The van der Waals surface area contributed by atoms with Crippen molar-refractivity contribution in [1.82, 2.24) is 5.32 Å². The van der Waals surface area contributed by atoms with Crippen LogP contribution >= 0.6 is 0 Å². The van der Waals surface area contributed by atoms with Gasteiger partial charge in [-0.3, -0.25) is 4.79 Å². The summed E-state index contributed by atoms with van der Waals surface area (Å²) in [5.74, 6) is 0.895. The molecule has 5 nitrogen and oxygen atoms in total. The van der Waals surface area contributed by atoms with E-state index in [1.807, 2.05) is 32.0 Å². The molecule has 0 spiro atoms. The van der Waals surface area contributed by atoms with Crippen molar-refractivity contribution in [3.05, 3.63) is 23.8 Å². The number of amides is 1. The lowest BCUT2D eigenvalue weighted by Gasteiger charge is -2.30. The van der Waals surface area contributed by atoms with E-state index in [1.54, 1.807) is 0 Å². The maximum absolute atomic E-state index is 12.1. The minimum atomic E-state index is -0.516. The minimum Gasteiger partial charge on any atom is -0.478 e. The third kappa shape index (κ3) is 2.96. The second-order valence-electron chi connectivity index (χ2n) is 6.58. The molecule has 3 unspecified atom stereocenters. The van der Waals surface area contributed by atoms with Crippen LogP contribution in [0.25, 0.3) is 0 Å². The number of anilines is 1. The van der Waals surface area contributed by atoms with Crippen molar-refractivity contribution in [2.24, 2.45) is 11.8 Å². The average Bonchev–Trinajstić information content (AvgIpc) is 2.53. The summed E-state index contributed by atoms with van der Waals surface area (Å²) in [5.41, 5.74) is 1.49. The van der Waals surface area contributed by atoms with Crippen LogP contribution in [-0.2, 0) is 4.79 Å². The first kappa shape index (κ1) is 15.3. The van der Waals surface area contributed by atoms with Gasteiger partial charge in [-0.2, -0.15) is 0 Å². The summed E-state index contributed by atoms with van der Waals surface area (Å²) in [5, 5.41) is 16.8. The fourth-order valence-corrected chi connectivity index (χ4v) is 3.19. The fraction of sp³-hybridized carbons (Fsp3) is 0.588. The number of carbonyl (C=O) groups is 1. The number of rotatable bonds is 3. The van der Waals surface area contributed by atoms with Crippen LogP contribution in [0.1, 0.15) is 38.4 Å². The van der Waals surface area contributed by atoms with E-state index in [0.717, 1.165) is 31.5 Å². The van der Waals surface area contributed by atoms with Gasteiger partial charge in [0.2, 0.25) is 0 Å². The standard InChI is InChI=1S/C17H24N2O3/c1-10(2)16-17(21)19-13-8-11(5-6-14(13)22-16)15(20)12-4-3-7-18-9-12/h5-6,8,10,12,15-16,18,20H,3-4,7,9H2,1-2H3,(H,19,21). The Morgan fingerprint density at radius 3 is 2.86 bits per heavy atom. The molecule has 0 aliphatic carbocycles. The zero-order valence-corrected chi connectivity index (χ0v) is 13.1. The van der Waals surface area contributed by atoms with Crippen LogP contribution < -0.4 is 15.4 Å². The second kappa shape index (κ2) is 6.26. The molecule has 1 aromatic rings. The number of carbonyl (C=O) groups excluding carboxylic acids is 1. The smallest absolute Gasteiger partial charge is 0.265 e. The summed E-state index contributed by atoms with van der Waals surface area (Å²) >= 11 is 0. The molecule has 2 heterocycles. The lowest BCUT2D eigenvalue weighted by atomic mass is 9.89. The Balaban J connectivity index is 1.79. The molecule has 0 radical (unpaired) electrons. The highest BCUT2D eigenvalue weighted by molar-refractivity contribution is 5.98. The Labute approximate surface area is 131 Å². The van der Waals surface area contributed by atoms with Gasteiger partial charge in [0.25, 0.3) is 5.91 Å². The zero-order valence-electron chi connectivity index (χ0n) is 13.1. The van der Waals surface area contributed by atoms with Gasteiger partial charge in [0.15, 0.2) is 6.10 Å². The van der Waals surface area contributed by atoms with Crippen LogP contribution in [0.2, 0.25) is 0 Å². The largest absolute Gasteiger partial charge is 0.478 e. The molecule has 2 aliphatic rings. The topological polar surface area (TPSA) is 70.6 Å². The quantitative estimate of drug-likeness (QED) is 0.799. The van der Waals surface area contributed by atoms with Crippen molar-refractivity contribution >= 4 is 11.6 Å². The fourth-order valence-electron chi connectivity index (χ4n) is 3.19. The second-order valence-corrected chi connectivity index (χ2v) is 6.58.